The summed E-state index contributed by atoms with van der Waals surface area (Å²) in [6.45, 7) is -5.44. The Labute approximate surface area is 181 Å². The highest BCUT2D eigenvalue weighted by Gasteiger charge is 2.44. The molecular weight excluding hydrogens is 402 g/mol. The molecule has 0 spiro atoms. The fourth-order valence-electron chi connectivity index (χ4n) is 4.42. The molecule has 0 fully saturated rings. The largest absolute Gasteiger partial charge is 0.434 e. The number of nitrogens with zero attached hydrogens (tertiary/aromatic N) is 3. The van der Waals surface area contributed by atoms with Gasteiger partial charge in [-0.1, -0.05) is 17.9 Å². The molecule has 1 amide bonds. The van der Waals surface area contributed by atoms with Gasteiger partial charge in [0.25, 0.3) is 5.91 Å². The standard InChI is InChI=1S/C23H20F2N4O2/c1-28-18-12-17(20-14(22(28)30)6-4-7-19(20)31-23(24)25)29-16-11-13(5-2-3-10-26)8-9-15(16)27-21(18)29/h4,6-9,11,17-18,23H,3,10,12,26H2,1H3/t17-,18-/m1/s1/i1D3. The van der Waals surface area contributed by atoms with Crippen LogP contribution in [0.3, 0.4) is 0 Å². The zero-order valence-corrected chi connectivity index (χ0v) is 16.3. The van der Waals surface area contributed by atoms with Crippen LogP contribution >= 0.6 is 0 Å². The van der Waals surface area contributed by atoms with E-state index < -0.39 is 31.6 Å². The maximum absolute atomic E-state index is 13.4. The second-order valence-corrected chi connectivity index (χ2v) is 7.42. The molecule has 2 atom stereocenters. The normalized spacial score (nSPS) is 21.0. The van der Waals surface area contributed by atoms with Gasteiger partial charge >= 0.3 is 6.61 Å². The number of aromatic nitrogens is 2. The third-order valence-corrected chi connectivity index (χ3v) is 5.65. The van der Waals surface area contributed by atoms with Crippen molar-refractivity contribution in [2.45, 2.75) is 31.5 Å². The molecule has 6 nitrogen and oxygen atoms in total. The van der Waals surface area contributed by atoms with Crippen LogP contribution in [0, 0.1) is 11.8 Å². The summed E-state index contributed by atoms with van der Waals surface area (Å²) in [5.74, 6) is 5.47. The van der Waals surface area contributed by atoms with Crippen LogP contribution in [0.25, 0.3) is 11.0 Å². The van der Waals surface area contributed by atoms with E-state index in [-0.39, 0.29) is 23.3 Å². The first-order valence-electron chi connectivity index (χ1n) is 11.3. The fourth-order valence-corrected chi connectivity index (χ4v) is 4.42. The Bertz CT molecular complexity index is 1360. The number of ether oxygens (including phenoxy) is 1. The van der Waals surface area contributed by atoms with E-state index >= 15 is 0 Å². The number of benzene rings is 2. The van der Waals surface area contributed by atoms with Crippen molar-refractivity contribution in [2.75, 3.05) is 13.5 Å². The van der Waals surface area contributed by atoms with E-state index in [9.17, 15) is 13.6 Å². The van der Waals surface area contributed by atoms with Crippen molar-refractivity contribution in [3.63, 3.8) is 0 Å². The molecule has 2 aromatic carbocycles. The van der Waals surface area contributed by atoms with Gasteiger partial charge in [0.2, 0.25) is 0 Å². The lowest BCUT2D eigenvalue weighted by molar-refractivity contribution is -0.0507. The molecule has 0 unspecified atom stereocenters. The fraction of sp³-hybridized carbons (Fsp3) is 0.304. The van der Waals surface area contributed by atoms with Crippen LogP contribution in [0.2, 0.25) is 0 Å². The lowest BCUT2D eigenvalue weighted by atomic mass is 9.97. The quantitative estimate of drug-likeness (QED) is 0.653. The second-order valence-electron chi connectivity index (χ2n) is 7.42. The Balaban J connectivity index is 1.78. The highest BCUT2D eigenvalue weighted by molar-refractivity contribution is 5.97. The molecule has 0 radical (unpaired) electrons. The van der Waals surface area contributed by atoms with E-state index in [0.717, 1.165) is 4.90 Å². The van der Waals surface area contributed by atoms with Gasteiger partial charge in [0.1, 0.15) is 11.6 Å². The van der Waals surface area contributed by atoms with Gasteiger partial charge in [-0.2, -0.15) is 8.78 Å². The Kier molecular flexibility index (Phi) is 3.86. The van der Waals surface area contributed by atoms with Gasteiger partial charge < -0.3 is 19.9 Å². The van der Waals surface area contributed by atoms with Gasteiger partial charge in [0, 0.05) is 47.2 Å². The van der Waals surface area contributed by atoms with E-state index in [0.29, 0.717) is 35.4 Å². The van der Waals surface area contributed by atoms with E-state index in [1.54, 1.807) is 12.1 Å². The summed E-state index contributed by atoms with van der Waals surface area (Å²) in [6.07, 6.45) is 0.701. The van der Waals surface area contributed by atoms with Crippen LogP contribution in [-0.2, 0) is 0 Å². The molecule has 31 heavy (non-hydrogen) atoms. The van der Waals surface area contributed by atoms with Crippen LogP contribution in [0.5, 0.6) is 5.75 Å². The Hall–Kier alpha value is -3.44. The summed E-state index contributed by atoms with van der Waals surface area (Å²) < 4.78 is 57.2. The number of alkyl halides is 2. The third kappa shape index (κ3) is 3.04. The molecule has 8 heteroatoms. The predicted molar refractivity (Wildman–Crippen MR) is 111 cm³/mol. The minimum absolute atomic E-state index is 0.0215. The Morgan fingerprint density at radius 1 is 1.35 bits per heavy atom. The summed E-state index contributed by atoms with van der Waals surface area (Å²) in [4.78, 5) is 18.9. The summed E-state index contributed by atoms with van der Waals surface area (Å²) in [5.41, 5.74) is 7.72. The minimum Gasteiger partial charge on any atom is -0.434 e. The number of carbonyl (C=O) groups excluding carboxylic acids is 1. The van der Waals surface area contributed by atoms with Crippen molar-refractivity contribution in [3.8, 4) is 17.6 Å². The zero-order chi connectivity index (χ0) is 24.2. The van der Waals surface area contributed by atoms with E-state index in [1.165, 1.54) is 18.2 Å². The average molecular weight is 425 g/mol. The molecule has 2 aliphatic heterocycles. The molecule has 2 N–H and O–H groups in total. The molecule has 0 saturated heterocycles. The van der Waals surface area contributed by atoms with Gasteiger partial charge in [-0.15, -0.1) is 0 Å². The number of rotatable bonds is 3. The van der Waals surface area contributed by atoms with Gasteiger partial charge in [-0.3, -0.25) is 4.79 Å². The van der Waals surface area contributed by atoms with Crippen molar-refractivity contribution in [2.24, 2.45) is 5.73 Å². The van der Waals surface area contributed by atoms with E-state index in [4.69, 9.17) is 14.6 Å². The number of hydrogen-bond acceptors (Lipinski definition) is 4. The molecule has 0 saturated carbocycles. The highest BCUT2D eigenvalue weighted by Crippen LogP contribution is 2.49. The zero-order valence-electron chi connectivity index (χ0n) is 19.3. The SMILES string of the molecule is [2H]C([2H])([2H])N1C(=O)c2cccc(OC(F)F)c2[C@H]2C[C@@H]1c1nc3ccc(C#CCCN)cc3n12. The van der Waals surface area contributed by atoms with Crippen LogP contribution in [0.1, 0.15) is 56.3 Å². The maximum atomic E-state index is 13.4. The number of hydrogen-bond donors (Lipinski definition) is 1. The first-order chi connectivity index (χ1) is 16.2. The van der Waals surface area contributed by atoms with Crippen molar-refractivity contribution in [1.29, 1.82) is 0 Å². The number of carbonyl (C=O) groups is 1. The summed E-state index contributed by atoms with van der Waals surface area (Å²) >= 11 is 0. The van der Waals surface area contributed by atoms with Gasteiger partial charge in [-0.05, 0) is 30.3 Å². The molecule has 5 rings (SSSR count). The molecule has 3 aromatic rings. The van der Waals surface area contributed by atoms with Crippen LogP contribution < -0.4 is 10.5 Å². The van der Waals surface area contributed by atoms with Crippen LogP contribution in [-0.4, -0.2) is 40.5 Å². The van der Waals surface area contributed by atoms with Gasteiger partial charge in [0.05, 0.1) is 23.1 Å². The summed E-state index contributed by atoms with van der Waals surface area (Å²) in [5, 5.41) is 0. The lowest BCUT2D eigenvalue weighted by Crippen LogP contribution is -2.30. The molecule has 158 valence electrons. The molecule has 0 aliphatic carbocycles. The number of halogens is 2. The molecule has 2 bridgehead atoms. The summed E-state index contributed by atoms with van der Waals surface area (Å²) in [6, 6.07) is 8.10. The van der Waals surface area contributed by atoms with Crippen molar-refractivity contribution in [1.82, 2.24) is 14.5 Å². The van der Waals surface area contributed by atoms with Crippen LogP contribution in [0.15, 0.2) is 36.4 Å². The number of imidazole rings is 1. The topological polar surface area (TPSA) is 73.4 Å². The highest BCUT2D eigenvalue weighted by atomic mass is 19.3. The molecule has 3 heterocycles. The predicted octanol–water partition coefficient (Wildman–Crippen LogP) is 3.46. The molecule has 1 aromatic heterocycles. The molecular formula is C23H20F2N4O2. The first-order valence-corrected chi connectivity index (χ1v) is 9.83. The number of amides is 1. The number of fused-ring (bicyclic) bond motifs is 9. The van der Waals surface area contributed by atoms with E-state index in [2.05, 4.69) is 16.8 Å². The Morgan fingerprint density at radius 3 is 3.00 bits per heavy atom. The first kappa shape index (κ1) is 16.3. The third-order valence-electron chi connectivity index (χ3n) is 5.65. The van der Waals surface area contributed by atoms with E-state index in [1.807, 2.05) is 10.6 Å². The Morgan fingerprint density at radius 2 is 2.23 bits per heavy atom. The lowest BCUT2D eigenvalue weighted by Gasteiger charge is -2.24. The van der Waals surface area contributed by atoms with Crippen LogP contribution in [0.4, 0.5) is 8.78 Å². The number of nitrogens with two attached hydrogens (primary N) is 1. The summed E-state index contributed by atoms with van der Waals surface area (Å²) in [7, 11) is 0. The van der Waals surface area contributed by atoms with Gasteiger partial charge in [0.15, 0.2) is 0 Å². The van der Waals surface area contributed by atoms with Gasteiger partial charge in [-0.25, -0.2) is 4.98 Å². The smallest absolute Gasteiger partial charge is 0.387 e. The molecule has 2 aliphatic rings. The average Bonchev–Trinajstić information content (AvgIpc) is 3.26. The minimum atomic E-state index is -3.11. The van der Waals surface area contributed by atoms with Crippen molar-refractivity contribution in [3.05, 3.63) is 58.9 Å². The van der Waals surface area contributed by atoms with Crippen molar-refractivity contribution >= 4 is 16.9 Å². The van der Waals surface area contributed by atoms with Crippen molar-refractivity contribution < 1.29 is 22.4 Å². The second kappa shape index (κ2) is 7.36. The maximum Gasteiger partial charge on any atom is 0.387 e. The monoisotopic (exact) mass is 425 g/mol.